The van der Waals surface area contributed by atoms with Crippen LogP contribution in [0.2, 0.25) is 0 Å². The molecule has 112 valence electrons. The van der Waals surface area contributed by atoms with E-state index in [1.54, 1.807) is 12.1 Å². The summed E-state index contributed by atoms with van der Waals surface area (Å²) in [7, 11) is 0. The molecule has 9 nitrogen and oxygen atoms in total. The maximum Gasteiger partial charge on any atom is 0.300 e. The summed E-state index contributed by atoms with van der Waals surface area (Å²) in [6.07, 6.45) is 2.86. The Morgan fingerprint density at radius 3 is 2.41 bits per heavy atom. The fraction of sp³-hybridized carbons (Fsp3) is 0.0769. The van der Waals surface area contributed by atoms with Gasteiger partial charge in [-0.3, -0.25) is 34.9 Å². The highest BCUT2D eigenvalue weighted by molar-refractivity contribution is 6.01. The predicted octanol–water partition coefficient (Wildman–Crippen LogP) is 2.58. The highest BCUT2D eigenvalue weighted by atomic mass is 16.6. The van der Waals surface area contributed by atoms with Crippen molar-refractivity contribution in [2.75, 3.05) is 4.90 Å². The number of anilines is 2. The molecule has 2 aromatic rings. The normalized spacial score (nSPS) is 10.0. The predicted molar refractivity (Wildman–Crippen MR) is 76.8 cm³/mol. The molecule has 1 amide bonds. The Kier molecular flexibility index (Phi) is 4.07. The molecule has 0 fully saturated rings. The SMILES string of the molecule is CC(=O)N(c1cccnc1)c1ccc([N+](=O)[O-])cc1[N+](=O)[O-]. The molecule has 0 bridgehead atoms. The van der Waals surface area contributed by atoms with E-state index < -0.39 is 27.1 Å². The largest absolute Gasteiger partial charge is 0.300 e. The van der Waals surface area contributed by atoms with E-state index in [9.17, 15) is 25.0 Å². The zero-order valence-corrected chi connectivity index (χ0v) is 11.4. The van der Waals surface area contributed by atoms with Crippen LogP contribution in [-0.2, 0) is 4.79 Å². The third-order valence-corrected chi connectivity index (χ3v) is 2.83. The minimum absolute atomic E-state index is 0.0592. The van der Waals surface area contributed by atoms with E-state index in [2.05, 4.69) is 4.98 Å². The van der Waals surface area contributed by atoms with Gasteiger partial charge in [0, 0.05) is 19.2 Å². The Morgan fingerprint density at radius 1 is 1.18 bits per heavy atom. The number of nitrogens with zero attached hydrogens (tertiary/aromatic N) is 4. The van der Waals surface area contributed by atoms with Crippen molar-refractivity contribution in [2.45, 2.75) is 6.92 Å². The van der Waals surface area contributed by atoms with Crippen LogP contribution in [0.25, 0.3) is 0 Å². The van der Waals surface area contributed by atoms with E-state index >= 15 is 0 Å². The molecule has 0 atom stereocenters. The lowest BCUT2D eigenvalue weighted by Crippen LogP contribution is -2.23. The highest BCUT2D eigenvalue weighted by Crippen LogP contribution is 2.35. The number of nitro groups is 2. The van der Waals surface area contributed by atoms with Crippen LogP contribution in [0, 0.1) is 20.2 Å². The van der Waals surface area contributed by atoms with Gasteiger partial charge in [-0.1, -0.05) is 0 Å². The second-order valence-electron chi connectivity index (χ2n) is 4.25. The monoisotopic (exact) mass is 302 g/mol. The van der Waals surface area contributed by atoms with Gasteiger partial charge in [0.05, 0.1) is 27.8 Å². The first kappa shape index (κ1) is 15.0. The van der Waals surface area contributed by atoms with Crippen molar-refractivity contribution in [3.05, 3.63) is 63.0 Å². The standard InChI is InChI=1S/C13H10N4O5/c1-9(18)15(11-3-2-6-14-8-11)12-5-4-10(16(19)20)7-13(12)17(21)22/h2-8H,1H3. The molecule has 0 N–H and O–H groups in total. The van der Waals surface area contributed by atoms with Crippen LogP contribution < -0.4 is 4.90 Å². The van der Waals surface area contributed by atoms with Gasteiger partial charge in [-0.2, -0.15) is 0 Å². The van der Waals surface area contributed by atoms with Gasteiger partial charge in [-0.05, 0) is 18.2 Å². The Labute approximate surface area is 124 Å². The molecule has 0 spiro atoms. The average molecular weight is 302 g/mol. The zero-order chi connectivity index (χ0) is 16.3. The zero-order valence-electron chi connectivity index (χ0n) is 11.4. The molecule has 0 saturated carbocycles. The van der Waals surface area contributed by atoms with Crippen LogP contribution in [-0.4, -0.2) is 20.7 Å². The van der Waals surface area contributed by atoms with Crippen LogP contribution in [0.15, 0.2) is 42.7 Å². The van der Waals surface area contributed by atoms with Crippen molar-refractivity contribution in [3.8, 4) is 0 Å². The van der Waals surface area contributed by atoms with E-state index in [-0.39, 0.29) is 5.69 Å². The molecule has 0 aliphatic rings. The van der Waals surface area contributed by atoms with Gasteiger partial charge in [0.2, 0.25) is 5.91 Å². The Balaban J connectivity index is 2.64. The fourth-order valence-electron chi connectivity index (χ4n) is 1.94. The Hall–Kier alpha value is -3.36. The van der Waals surface area contributed by atoms with Crippen molar-refractivity contribution in [1.29, 1.82) is 0 Å². The van der Waals surface area contributed by atoms with Crippen molar-refractivity contribution in [1.82, 2.24) is 4.98 Å². The molecule has 2 rings (SSSR count). The number of nitro benzene ring substituents is 2. The van der Waals surface area contributed by atoms with Gasteiger partial charge in [0.1, 0.15) is 5.69 Å². The third-order valence-electron chi connectivity index (χ3n) is 2.83. The fourth-order valence-corrected chi connectivity index (χ4v) is 1.94. The van der Waals surface area contributed by atoms with Crippen molar-refractivity contribution < 1.29 is 14.6 Å². The van der Waals surface area contributed by atoms with Gasteiger partial charge in [0.25, 0.3) is 11.4 Å². The summed E-state index contributed by atoms with van der Waals surface area (Å²) in [5.41, 5.74) is -0.693. The van der Waals surface area contributed by atoms with Crippen LogP contribution in [0.5, 0.6) is 0 Å². The van der Waals surface area contributed by atoms with Crippen LogP contribution >= 0.6 is 0 Å². The molecule has 0 aliphatic carbocycles. The van der Waals surface area contributed by atoms with Crippen molar-refractivity contribution >= 4 is 28.7 Å². The van der Waals surface area contributed by atoms with Crippen LogP contribution in [0.3, 0.4) is 0 Å². The second-order valence-corrected chi connectivity index (χ2v) is 4.25. The summed E-state index contributed by atoms with van der Waals surface area (Å²) in [5.74, 6) is -0.482. The number of aromatic nitrogens is 1. The Morgan fingerprint density at radius 2 is 1.91 bits per heavy atom. The molecular weight excluding hydrogens is 292 g/mol. The maximum atomic E-state index is 11.9. The second kappa shape index (κ2) is 5.95. The summed E-state index contributed by atoms with van der Waals surface area (Å²) >= 11 is 0. The van der Waals surface area contributed by atoms with Gasteiger partial charge >= 0.3 is 0 Å². The Bertz CT molecular complexity index is 747. The molecule has 1 aromatic heterocycles. The number of hydrogen-bond acceptors (Lipinski definition) is 6. The minimum Gasteiger partial charge on any atom is -0.274 e. The number of benzene rings is 1. The number of carbonyl (C=O) groups excluding carboxylic acids is 1. The van der Waals surface area contributed by atoms with E-state index in [1.165, 1.54) is 25.4 Å². The number of non-ortho nitro benzene ring substituents is 1. The molecule has 1 heterocycles. The van der Waals surface area contributed by atoms with E-state index in [0.717, 1.165) is 17.0 Å². The van der Waals surface area contributed by atoms with Gasteiger partial charge < -0.3 is 0 Å². The molecule has 0 unspecified atom stereocenters. The molecule has 22 heavy (non-hydrogen) atoms. The molecule has 0 radical (unpaired) electrons. The summed E-state index contributed by atoms with van der Waals surface area (Å²) < 4.78 is 0. The van der Waals surface area contributed by atoms with Gasteiger partial charge in [0.15, 0.2) is 0 Å². The molecule has 9 heteroatoms. The van der Waals surface area contributed by atoms with Gasteiger partial charge in [-0.25, -0.2) is 0 Å². The quantitative estimate of drug-likeness (QED) is 0.632. The maximum absolute atomic E-state index is 11.9. The lowest BCUT2D eigenvalue weighted by Gasteiger charge is -2.20. The van der Waals surface area contributed by atoms with Crippen LogP contribution in [0.4, 0.5) is 22.7 Å². The lowest BCUT2D eigenvalue weighted by molar-refractivity contribution is -0.393. The third kappa shape index (κ3) is 2.87. The van der Waals surface area contributed by atoms with Crippen LogP contribution in [0.1, 0.15) is 6.92 Å². The topological polar surface area (TPSA) is 119 Å². The summed E-state index contributed by atoms with van der Waals surface area (Å²) in [5, 5.41) is 21.9. The highest BCUT2D eigenvalue weighted by Gasteiger charge is 2.26. The van der Waals surface area contributed by atoms with Gasteiger partial charge in [-0.15, -0.1) is 0 Å². The number of rotatable bonds is 4. The lowest BCUT2D eigenvalue weighted by atomic mass is 10.2. The minimum atomic E-state index is -0.769. The smallest absolute Gasteiger partial charge is 0.274 e. The summed E-state index contributed by atoms with van der Waals surface area (Å²) in [6.45, 7) is 1.23. The van der Waals surface area contributed by atoms with E-state index in [0.29, 0.717) is 5.69 Å². The average Bonchev–Trinajstić information content (AvgIpc) is 2.48. The molecular formula is C13H10N4O5. The number of hydrogen-bond donors (Lipinski definition) is 0. The molecule has 0 saturated heterocycles. The summed E-state index contributed by atoms with van der Waals surface area (Å²) in [4.78, 5) is 37.3. The van der Waals surface area contributed by atoms with E-state index in [1.807, 2.05) is 0 Å². The summed E-state index contributed by atoms with van der Waals surface area (Å²) in [6, 6.07) is 6.23. The molecule has 0 aliphatic heterocycles. The van der Waals surface area contributed by atoms with Crippen molar-refractivity contribution in [2.24, 2.45) is 0 Å². The van der Waals surface area contributed by atoms with Crippen molar-refractivity contribution in [3.63, 3.8) is 0 Å². The number of pyridine rings is 1. The molecule has 1 aromatic carbocycles. The first-order valence-corrected chi connectivity index (χ1v) is 6.05. The first-order valence-electron chi connectivity index (χ1n) is 6.05. The number of carbonyl (C=O) groups is 1. The first-order chi connectivity index (χ1) is 10.4. The number of amides is 1. The van der Waals surface area contributed by atoms with E-state index in [4.69, 9.17) is 0 Å².